The Morgan fingerprint density at radius 1 is 1.50 bits per heavy atom. The van der Waals surface area contributed by atoms with Gasteiger partial charge in [-0.3, -0.25) is 0 Å². The number of aromatic nitrogens is 2. The van der Waals surface area contributed by atoms with E-state index >= 15 is 0 Å². The Kier molecular flexibility index (Phi) is 3.88. The first-order valence-electron chi connectivity index (χ1n) is 4.84. The highest BCUT2D eigenvalue weighted by molar-refractivity contribution is 5.23. The van der Waals surface area contributed by atoms with Gasteiger partial charge in [0.2, 0.25) is 5.89 Å². The Bertz CT molecular complexity index is 268. The maximum atomic E-state index is 5.12. The van der Waals surface area contributed by atoms with Crippen LogP contribution < -0.4 is 10.2 Å². The summed E-state index contributed by atoms with van der Waals surface area (Å²) in [7, 11) is 5.73. The van der Waals surface area contributed by atoms with Crippen LogP contribution in [0.25, 0.3) is 0 Å². The first-order valence-corrected chi connectivity index (χ1v) is 4.84. The fraction of sp³-hybridized carbons (Fsp3) is 0.778. The summed E-state index contributed by atoms with van der Waals surface area (Å²) < 4.78 is 5.12. The van der Waals surface area contributed by atoms with Gasteiger partial charge in [0.05, 0.1) is 0 Å². The molecule has 5 nitrogen and oxygen atoms in total. The minimum absolute atomic E-state index is 0.408. The molecule has 1 atom stereocenters. The fourth-order valence-corrected chi connectivity index (χ4v) is 1.17. The van der Waals surface area contributed by atoms with Gasteiger partial charge in [-0.2, -0.15) is 4.98 Å². The molecule has 0 bridgehead atoms. The zero-order valence-corrected chi connectivity index (χ0v) is 9.24. The maximum Gasteiger partial charge on any atom is 0.265 e. The number of nitrogens with one attached hydrogen (secondary N) is 1. The average molecular weight is 198 g/mol. The third-order valence-corrected chi connectivity index (χ3v) is 2.18. The fourth-order valence-electron chi connectivity index (χ4n) is 1.17. The first kappa shape index (κ1) is 11.0. The van der Waals surface area contributed by atoms with E-state index in [4.69, 9.17) is 4.52 Å². The number of hydrogen-bond donors (Lipinski definition) is 1. The summed E-state index contributed by atoms with van der Waals surface area (Å²) in [6.45, 7) is 2.13. The smallest absolute Gasteiger partial charge is 0.265 e. The molecule has 1 heterocycles. The van der Waals surface area contributed by atoms with Crippen LogP contribution >= 0.6 is 0 Å². The summed E-state index contributed by atoms with van der Waals surface area (Å²) in [6, 6.07) is 0.408. The monoisotopic (exact) mass is 198 g/mol. The molecule has 0 amide bonds. The molecule has 5 heteroatoms. The second-order valence-corrected chi connectivity index (χ2v) is 3.48. The lowest BCUT2D eigenvalue weighted by Gasteiger charge is -2.09. The number of rotatable bonds is 5. The van der Waals surface area contributed by atoms with Gasteiger partial charge in [0.25, 0.3) is 5.95 Å². The largest absolute Gasteiger partial charge is 0.344 e. The molecule has 0 aromatic carbocycles. The molecule has 14 heavy (non-hydrogen) atoms. The molecule has 0 aliphatic carbocycles. The minimum atomic E-state index is 0.408. The van der Waals surface area contributed by atoms with E-state index in [2.05, 4.69) is 22.4 Å². The number of hydrogen-bond acceptors (Lipinski definition) is 5. The molecule has 0 aliphatic heterocycles. The number of nitrogens with zero attached hydrogens (tertiary/aromatic N) is 3. The van der Waals surface area contributed by atoms with Gasteiger partial charge in [-0.15, -0.1) is 0 Å². The molecule has 1 aromatic heterocycles. The van der Waals surface area contributed by atoms with Crippen molar-refractivity contribution < 1.29 is 4.52 Å². The van der Waals surface area contributed by atoms with E-state index in [1.165, 1.54) is 0 Å². The van der Waals surface area contributed by atoms with Crippen LogP contribution in [-0.4, -0.2) is 37.3 Å². The van der Waals surface area contributed by atoms with E-state index in [9.17, 15) is 0 Å². The molecule has 0 saturated heterocycles. The van der Waals surface area contributed by atoms with Crippen molar-refractivity contribution in [3.8, 4) is 0 Å². The Hall–Kier alpha value is -1.10. The normalized spacial score (nSPS) is 12.9. The van der Waals surface area contributed by atoms with Crippen LogP contribution in [0.4, 0.5) is 5.95 Å². The van der Waals surface area contributed by atoms with Gasteiger partial charge in [-0.25, -0.2) is 0 Å². The third-order valence-electron chi connectivity index (χ3n) is 2.18. The van der Waals surface area contributed by atoms with Crippen molar-refractivity contribution in [3.63, 3.8) is 0 Å². The van der Waals surface area contributed by atoms with Crippen LogP contribution in [-0.2, 0) is 6.42 Å². The predicted octanol–water partition coefficient (Wildman–Crippen LogP) is 0.676. The zero-order valence-electron chi connectivity index (χ0n) is 9.24. The maximum absolute atomic E-state index is 5.12. The predicted molar refractivity (Wildman–Crippen MR) is 55.5 cm³/mol. The third kappa shape index (κ3) is 2.70. The van der Waals surface area contributed by atoms with Crippen LogP contribution in [0.15, 0.2) is 4.52 Å². The van der Waals surface area contributed by atoms with Crippen LogP contribution in [0.5, 0.6) is 0 Å². The van der Waals surface area contributed by atoms with Crippen molar-refractivity contribution in [1.82, 2.24) is 15.5 Å². The molecular formula is C9H18N4O. The van der Waals surface area contributed by atoms with Crippen molar-refractivity contribution in [2.45, 2.75) is 25.8 Å². The highest BCUT2D eigenvalue weighted by atomic mass is 16.5. The molecule has 0 fully saturated rings. The average Bonchev–Trinajstić information content (AvgIpc) is 2.62. The van der Waals surface area contributed by atoms with Gasteiger partial charge >= 0.3 is 0 Å². The summed E-state index contributed by atoms with van der Waals surface area (Å²) in [5, 5.41) is 7.05. The van der Waals surface area contributed by atoms with Crippen molar-refractivity contribution in [2.24, 2.45) is 0 Å². The molecule has 1 N–H and O–H groups in total. The summed E-state index contributed by atoms with van der Waals surface area (Å²) in [5.74, 6) is 1.32. The lowest BCUT2D eigenvalue weighted by molar-refractivity contribution is 0.358. The lowest BCUT2D eigenvalue weighted by Crippen LogP contribution is -2.26. The number of likely N-dealkylation sites (N-methyl/N-ethyl adjacent to an activating group) is 1. The van der Waals surface area contributed by atoms with Crippen LogP contribution in [0.1, 0.15) is 19.2 Å². The van der Waals surface area contributed by atoms with Gasteiger partial charge in [0, 0.05) is 26.6 Å². The lowest BCUT2D eigenvalue weighted by atomic mass is 10.1. The molecule has 1 aromatic rings. The molecule has 1 rings (SSSR count). The van der Waals surface area contributed by atoms with Gasteiger partial charge in [-0.1, -0.05) is 6.92 Å². The van der Waals surface area contributed by atoms with E-state index in [-0.39, 0.29) is 0 Å². The molecule has 0 radical (unpaired) electrons. The van der Waals surface area contributed by atoms with Gasteiger partial charge in [-0.05, 0) is 18.6 Å². The molecule has 80 valence electrons. The Labute approximate surface area is 84.5 Å². The van der Waals surface area contributed by atoms with Crippen LogP contribution in [0.3, 0.4) is 0 Å². The van der Waals surface area contributed by atoms with Crippen LogP contribution in [0, 0.1) is 0 Å². The standard InChI is InChI=1S/C9H18N4O/c1-5-7(10-2)6-8-11-9(12-14-8)13(3)4/h7,10H,5-6H2,1-4H3. The zero-order chi connectivity index (χ0) is 10.6. The van der Waals surface area contributed by atoms with E-state index in [1.54, 1.807) is 0 Å². The van der Waals surface area contributed by atoms with E-state index in [0.29, 0.717) is 17.9 Å². The SMILES string of the molecule is CCC(Cc1nc(N(C)C)no1)NC. The topological polar surface area (TPSA) is 54.2 Å². The minimum Gasteiger partial charge on any atom is -0.344 e. The summed E-state index contributed by atoms with van der Waals surface area (Å²) in [5.41, 5.74) is 0. The summed E-state index contributed by atoms with van der Waals surface area (Å²) in [4.78, 5) is 6.08. The van der Waals surface area contributed by atoms with Crippen molar-refractivity contribution in [3.05, 3.63) is 5.89 Å². The quantitative estimate of drug-likeness (QED) is 0.754. The molecule has 1 unspecified atom stereocenters. The molecule has 0 saturated carbocycles. The summed E-state index contributed by atoms with van der Waals surface area (Å²) >= 11 is 0. The van der Waals surface area contributed by atoms with Crippen molar-refractivity contribution >= 4 is 5.95 Å². The first-order chi connectivity index (χ1) is 6.67. The number of anilines is 1. The Morgan fingerprint density at radius 3 is 2.64 bits per heavy atom. The van der Waals surface area contributed by atoms with E-state index in [0.717, 1.165) is 12.8 Å². The Morgan fingerprint density at radius 2 is 2.21 bits per heavy atom. The molecule has 0 aliphatic rings. The second kappa shape index (κ2) is 4.95. The van der Waals surface area contributed by atoms with Gasteiger partial charge < -0.3 is 14.7 Å². The van der Waals surface area contributed by atoms with E-state index < -0.39 is 0 Å². The van der Waals surface area contributed by atoms with Crippen molar-refractivity contribution in [2.75, 3.05) is 26.0 Å². The van der Waals surface area contributed by atoms with Gasteiger partial charge in [0.15, 0.2) is 0 Å². The Balaban J connectivity index is 2.58. The molecular weight excluding hydrogens is 180 g/mol. The van der Waals surface area contributed by atoms with Crippen LogP contribution in [0.2, 0.25) is 0 Å². The van der Waals surface area contributed by atoms with Crippen molar-refractivity contribution in [1.29, 1.82) is 0 Å². The highest BCUT2D eigenvalue weighted by Gasteiger charge is 2.12. The molecule has 0 spiro atoms. The summed E-state index contributed by atoms with van der Waals surface area (Å²) in [6.07, 6.45) is 1.84. The second-order valence-electron chi connectivity index (χ2n) is 3.48. The van der Waals surface area contributed by atoms with Gasteiger partial charge in [0.1, 0.15) is 0 Å². The van der Waals surface area contributed by atoms with E-state index in [1.807, 2.05) is 26.0 Å². The highest BCUT2D eigenvalue weighted by Crippen LogP contribution is 2.08.